The molecule has 0 aromatic rings. The van der Waals surface area contributed by atoms with Gasteiger partial charge in [0.1, 0.15) is 0 Å². The molecular weight excluding hydrogens is 206 g/mol. The first-order valence-corrected chi connectivity index (χ1v) is 6.18. The highest BCUT2D eigenvalue weighted by atomic mass is 16.4. The van der Waals surface area contributed by atoms with Crippen LogP contribution in [-0.4, -0.2) is 35.4 Å². The molecule has 3 N–H and O–H groups in total. The second-order valence-corrected chi connectivity index (χ2v) is 5.04. The summed E-state index contributed by atoms with van der Waals surface area (Å²) in [7, 11) is 0. The Morgan fingerprint density at radius 1 is 1.38 bits per heavy atom. The molecule has 1 rings (SSSR count). The summed E-state index contributed by atoms with van der Waals surface area (Å²) in [6.07, 6.45) is 4.16. The summed E-state index contributed by atoms with van der Waals surface area (Å²) in [4.78, 5) is 10.3. The standard InChI is InChI=1S/C12H23NO3/c1-9-2-4-10(5-3-9)7-13-8-11(14)6-12(15)16/h9-11,13-14H,2-8H2,1H3,(H,15,16). The SMILES string of the molecule is CC1CCC(CNCC(O)CC(=O)O)CC1. The number of rotatable bonds is 6. The number of carboxylic acids is 1. The first-order valence-electron chi connectivity index (χ1n) is 6.18. The van der Waals surface area contributed by atoms with Gasteiger partial charge in [-0.1, -0.05) is 19.8 Å². The second kappa shape index (κ2) is 6.86. The van der Waals surface area contributed by atoms with Crippen molar-refractivity contribution in [3.8, 4) is 0 Å². The van der Waals surface area contributed by atoms with E-state index in [4.69, 9.17) is 5.11 Å². The van der Waals surface area contributed by atoms with Gasteiger partial charge in [0.05, 0.1) is 12.5 Å². The molecule has 0 aliphatic heterocycles. The molecule has 94 valence electrons. The molecule has 1 unspecified atom stereocenters. The molecule has 0 bridgehead atoms. The summed E-state index contributed by atoms with van der Waals surface area (Å²) in [5.41, 5.74) is 0. The monoisotopic (exact) mass is 229 g/mol. The van der Waals surface area contributed by atoms with Crippen LogP contribution in [0.1, 0.15) is 39.0 Å². The lowest BCUT2D eigenvalue weighted by molar-refractivity contribution is -0.139. The highest BCUT2D eigenvalue weighted by molar-refractivity contribution is 5.67. The fourth-order valence-electron chi connectivity index (χ4n) is 2.26. The number of carboxylic acid groups (broad SMARTS) is 1. The lowest BCUT2D eigenvalue weighted by Gasteiger charge is -2.26. The highest BCUT2D eigenvalue weighted by Crippen LogP contribution is 2.27. The van der Waals surface area contributed by atoms with Gasteiger partial charge in [-0.05, 0) is 31.2 Å². The zero-order valence-electron chi connectivity index (χ0n) is 9.98. The van der Waals surface area contributed by atoms with E-state index in [9.17, 15) is 9.90 Å². The van der Waals surface area contributed by atoms with Gasteiger partial charge in [0.15, 0.2) is 0 Å². The normalized spacial score (nSPS) is 27.6. The fourth-order valence-corrected chi connectivity index (χ4v) is 2.26. The minimum atomic E-state index is -0.944. The lowest BCUT2D eigenvalue weighted by Crippen LogP contribution is -2.33. The maximum absolute atomic E-state index is 10.3. The van der Waals surface area contributed by atoms with Gasteiger partial charge in [-0.25, -0.2) is 0 Å². The quantitative estimate of drug-likeness (QED) is 0.641. The van der Waals surface area contributed by atoms with Gasteiger partial charge >= 0.3 is 5.97 Å². The summed E-state index contributed by atoms with van der Waals surface area (Å²) in [6.45, 7) is 3.59. The van der Waals surface area contributed by atoms with Crippen molar-refractivity contribution in [2.75, 3.05) is 13.1 Å². The molecule has 4 nitrogen and oxygen atoms in total. The summed E-state index contributed by atoms with van der Waals surface area (Å²) in [5.74, 6) is 0.614. The van der Waals surface area contributed by atoms with Crippen molar-refractivity contribution in [2.24, 2.45) is 11.8 Å². The van der Waals surface area contributed by atoms with Gasteiger partial charge in [0.2, 0.25) is 0 Å². The number of aliphatic hydroxyl groups is 1. The molecule has 1 fully saturated rings. The molecular formula is C12H23NO3. The van der Waals surface area contributed by atoms with Crippen molar-refractivity contribution in [2.45, 2.75) is 45.1 Å². The third kappa shape index (κ3) is 5.47. The molecule has 0 aromatic carbocycles. The summed E-state index contributed by atoms with van der Waals surface area (Å²) in [6, 6.07) is 0. The highest BCUT2D eigenvalue weighted by Gasteiger charge is 2.18. The van der Waals surface area contributed by atoms with E-state index in [1.165, 1.54) is 25.7 Å². The van der Waals surface area contributed by atoms with Gasteiger partial charge in [-0.2, -0.15) is 0 Å². The first-order chi connectivity index (χ1) is 7.58. The number of carbonyl (C=O) groups is 1. The van der Waals surface area contributed by atoms with Crippen LogP contribution in [0.4, 0.5) is 0 Å². The van der Waals surface area contributed by atoms with Crippen LogP contribution in [0.5, 0.6) is 0 Å². The van der Waals surface area contributed by atoms with Crippen LogP contribution in [0.15, 0.2) is 0 Å². The van der Waals surface area contributed by atoms with Crippen molar-refractivity contribution in [1.29, 1.82) is 0 Å². The zero-order valence-corrected chi connectivity index (χ0v) is 9.98. The predicted molar refractivity (Wildman–Crippen MR) is 62.3 cm³/mol. The van der Waals surface area contributed by atoms with Crippen LogP contribution < -0.4 is 5.32 Å². The van der Waals surface area contributed by atoms with E-state index in [0.29, 0.717) is 12.5 Å². The summed E-state index contributed by atoms with van der Waals surface area (Å²) < 4.78 is 0. The average molecular weight is 229 g/mol. The molecule has 0 amide bonds. The van der Waals surface area contributed by atoms with Gasteiger partial charge < -0.3 is 15.5 Å². The van der Waals surface area contributed by atoms with Crippen LogP contribution in [-0.2, 0) is 4.79 Å². The van der Waals surface area contributed by atoms with Crippen LogP contribution in [0.2, 0.25) is 0 Å². The van der Waals surface area contributed by atoms with Crippen molar-refractivity contribution >= 4 is 5.97 Å². The Balaban J connectivity index is 2.04. The Kier molecular flexibility index (Phi) is 5.77. The summed E-state index contributed by atoms with van der Waals surface area (Å²) >= 11 is 0. The Labute approximate surface area is 97.0 Å². The Morgan fingerprint density at radius 3 is 2.56 bits per heavy atom. The van der Waals surface area contributed by atoms with E-state index >= 15 is 0 Å². The van der Waals surface area contributed by atoms with Crippen molar-refractivity contribution in [3.63, 3.8) is 0 Å². The third-order valence-electron chi connectivity index (χ3n) is 3.36. The van der Waals surface area contributed by atoms with Crippen LogP contribution >= 0.6 is 0 Å². The van der Waals surface area contributed by atoms with E-state index in [0.717, 1.165) is 12.5 Å². The van der Waals surface area contributed by atoms with E-state index in [2.05, 4.69) is 12.2 Å². The smallest absolute Gasteiger partial charge is 0.306 e. The van der Waals surface area contributed by atoms with E-state index in [1.807, 2.05) is 0 Å². The average Bonchev–Trinajstić information content (AvgIpc) is 2.20. The predicted octanol–water partition coefficient (Wildman–Crippen LogP) is 1.24. The molecule has 0 saturated heterocycles. The third-order valence-corrected chi connectivity index (χ3v) is 3.36. The van der Waals surface area contributed by atoms with E-state index < -0.39 is 12.1 Å². The maximum Gasteiger partial charge on any atom is 0.306 e. The van der Waals surface area contributed by atoms with Crippen LogP contribution in [0, 0.1) is 11.8 Å². The van der Waals surface area contributed by atoms with Gasteiger partial charge in [0.25, 0.3) is 0 Å². The molecule has 0 spiro atoms. The molecule has 0 radical (unpaired) electrons. The van der Waals surface area contributed by atoms with Gasteiger partial charge in [-0.15, -0.1) is 0 Å². The minimum absolute atomic E-state index is 0.172. The number of aliphatic hydroxyl groups excluding tert-OH is 1. The Hall–Kier alpha value is -0.610. The molecule has 1 aliphatic rings. The van der Waals surface area contributed by atoms with E-state index in [1.54, 1.807) is 0 Å². The topological polar surface area (TPSA) is 69.6 Å². The van der Waals surface area contributed by atoms with Crippen LogP contribution in [0.25, 0.3) is 0 Å². The van der Waals surface area contributed by atoms with Gasteiger partial charge in [-0.3, -0.25) is 4.79 Å². The van der Waals surface area contributed by atoms with Crippen molar-refractivity contribution in [3.05, 3.63) is 0 Å². The molecule has 1 saturated carbocycles. The molecule has 1 aliphatic carbocycles. The second-order valence-electron chi connectivity index (χ2n) is 5.04. The number of nitrogens with one attached hydrogen (secondary N) is 1. The largest absolute Gasteiger partial charge is 0.481 e. The van der Waals surface area contributed by atoms with Crippen molar-refractivity contribution in [1.82, 2.24) is 5.32 Å². The Morgan fingerprint density at radius 2 is 2.00 bits per heavy atom. The molecule has 0 heterocycles. The van der Waals surface area contributed by atoms with Crippen molar-refractivity contribution < 1.29 is 15.0 Å². The molecule has 1 atom stereocenters. The summed E-state index contributed by atoms with van der Waals surface area (Å²) in [5, 5.41) is 21.0. The lowest BCUT2D eigenvalue weighted by atomic mass is 9.83. The number of aliphatic carboxylic acids is 1. The first kappa shape index (κ1) is 13.5. The number of hydrogen-bond acceptors (Lipinski definition) is 3. The molecule has 0 aromatic heterocycles. The fraction of sp³-hybridized carbons (Fsp3) is 0.917. The minimum Gasteiger partial charge on any atom is -0.481 e. The zero-order chi connectivity index (χ0) is 12.0. The maximum atomic E-state index is 10.3. The van der Waals surface area contributed by atoms with Gasteiger partial charge in [0, 0.05) is 6.54 Å². The molecule has 4 heteroatoms. The molecule has 16 heavy (non-hydrogen) atoms. The van der Waals surface area contributed by atoms with E-state index in [-0.39, 0.29) is 6.42 Å². The number of hydrogen-bond donors (Lipinski definition) is 3. The van der Waals surface area contributed by atoms with Crippen LogP contribution in [0.3, 0.4) is 0 Å². The Bertz CT molecular complexity index is 212.